The van der Waals surface area contributed by atoms with Crippen LogP contribution in [0.5, 0.6) is 5.75 Å². The van der Waals surface area contributed by atoms with Crippen molar-refractivity contribution in [1.82, 2.24) is 14.9 Å². The molecule has 0 aliphatic heterocycles. The molecule has 0 aromatic carbocycles. The number of fused-ring (bicyclic) bond motifs is 1. The van der Waals surface area contributed by atoms with Gasteiger partial charge in [-0.15, -0.1) is 0 Å². The third-order valence-corrected chi connectivity index (χ3v) is 3.17. The smallest absolute Gasteiger partial charge is 0.308 e. The number of nitrogens with zero attached hydrogens (tertiary/aromatic N) is 2. The summed E-state index contributed by atoms with van der Waals surface area (Å²) in [4.78, 5) is 20.8. The minimum absolute atomic E-state index is 0.315. The van der Waals surface area contributed by atoms with Gasteiger partial charge in [-0.3, -0.25) is 4.79 Å². The molecule has 0 saturated heterocycles. The lowest BCUT2D eigenvalue weighted by atomic mass is 10.1. The number of nitrogens with one attached hydrogen (secondary N) is 1. The zero-order chi connectivity index (χ0) is 13.8. The first-order chi connectivity index (χ1) is 9.11. The number of ether oxygens (including phenoxy) is 1. The molecule has 5 nitrogen and oxygen atoms in total. The Balaban J connectivity index is 2.31. The molecule has 2 heterocycles. The Morgan fingerprint density at radius 2 is 2.32 bits per heavy atom. The van der Waals surface area contributed by atoms with E-state index < -0.39 is 0 Å². The van der Waals surface area contributed by atoms with Crippen LogP contribution in [0.2, 0.25) is 0 Å². The second-order valence-corrected chi connectivity index (χ2v) is 4.59. The topological polar surface area (TPSA) is 58.2 Å². The number of likely N-dealkylation sites (N-methyl/N-ethyl adjacent to an activating group) is 1. The first-order valence-electron chi connectivity index (χ1n) is 6.43. The van der Waals surface area contributed by atoms with Crippen LogP contribution in [0.25, 0.3) is 11.0 Å². The maximum absolute atomic E-state index is 11.1. The maximum Gasteiger partial charge on any atom is 0.308 e. The van der Waals surface area contributed by atoms with Crippen molar-refractivity contribution in [3.05, 3.63) is 24.0 Å². The molecule has 0 saturated carbocycles. The number of hydrogen-bond donors (Lipinski definition) is 1. The Morgan fingerprint density at radius 3 is 3.00 bits per heavy atom. The molecular formula is C14H19N3O2. The van der Waals surface area contributed by atoms with Crippen molar-refractivity contribution in [3.63, 3.8) is 0 Å². The minimum atomic E-state index is -0.315. The van der Waals surface area contributed by atoms with Crippen molar-refractivity contribution in [2.45, 2.75) is 20.3 Å². The summed E-state index contributed by atoms with van der Waals surface area (Å²) in [5.41, 5.74) is 1.88. The zero-order valence-corrected chi connectivity index (χ0v) is 11.6. The van der Waals surface area contributed by atoms with Crippen LogP contribution in [-0.2, 0) is 11.2 Å². The van der Waals surface area contributed by atoms with Gasteiger partial charge >= 0.3 is 5.97 Å². The number of hydrogen-bond acceptors (Lipinski definition) is 4. The van der Waals surface area contributed by atoms with Gasteiger partial charge in [0.05, 0.1) is 5.39 Å². The molecule has 0 atom stereocenters. The summed E-state index contributed by atoms with van der Waals surface area (Å²) >= 11 is 0. The molecule has 0 aliphatic rings. The van der Waals surface area contributed by atoms with Gasteiger partial charge in [0.1, 0.15) is 11.4 Å². The summed E-state index contributed by atoms with van der Waals surface area (Å²) in [7, 11) is 2.08. The van der Waals surface area contributed by atoms with E-state index in [1.54, 1.807) is 12.3 Å². The molecule has 0 spiro atoms. The van der Waals surface area contributed by atoms with E-state index in [4.69, 9.17) is 4.74 Å². The third kappa shape index (κ3) is 3.12. The average Bonchev–Trinajstić information content (AvgIpc) is 2.79. The largest absolute Gasteiger partial charge is 0.426 e. The normalized spacial score (nSPS) is 11.2. The molecule has 0 aliphatic carbocycles. The van der Waals surface area contributed by atoms with Gasteiger partial charge in [-0.2, -0.15) is 0 Å². The van der Waals surface area contributed by atoms with E-state index in [2.05, 4.69) is 28.8 Å². The van der Waals surface area contributed by atoms with Crippen LogP contribution in [0.15, 0.2) is 18.5 Å². The number of pyridine rings is 1. The van der Waals surface area contributed by atoms with Crippen LogP contribution >= 0.6 is 0 Å². The number of esters is 1. The number of aromatic amines is 1. The number of carbonyl (C=O) groups excluding carboxylic acids is 1. The second-order valence-electron chi connectivity index (χ2n) is 4.59. The highest BCUT2D eigenvalue weighted by molar-refractivity contribution is 5.88. The van der Waals surface area contributed by atoms with Gasteiger partial charge in [-0.1, -0.05) is 6.92 Å². The molecule has 0 unspecified atom stereocenters. The molecule has 19 heavy (non-hydrogen) atoms. The molecule has 0 amide bonds. The molecule has 2 rings (SSSR count). The first-order valence-corrected chi connectivity index (χ1v) is 6.43. The molecule has 2 aromatic rings. The van der Waals surface area contributed by atoms with Gasteiger partial charge in [0.15, 0.2) is 0 Å². The molecule has 0 bridgehead atoms. The number of carbonyl (C=O) groups is 1. The van der Waals surface area contributed by atoms with Gasteiger partial charge < -0.3 is 14.6 Å². The van der Waals surface area contributed by atoms with E-state index in [1.807, 2.05) is 6.20 Å². The fourth-order valence-corrected chi connectivity index (χ4v) is 2.00. The number of aromatic nitrogens is 2. The van der Waals surface area contributed by atoms with Crippen LogP contribution in [0.3, 0.4) is 0 Å². The summed E-state index contributed by atoms with van der Waals surface area (Å²) in [6.07, 6.45) is 4.47. The monoisotopic (exact) mass is 261 g/mol. The maximum atomic E-state index is 11.1. The van der Waals surface area contributed by atoms with Crippen LogP contribution in [0.4, 0.5) is 0 Å². The van der Waals surface area contributed by atoms with E-state index in [9.17, 15) is 4.79 Å². The molecule has 5 heteroatoms. The lowest BCUT2D eigenvalue weighted by Crippen LogP contribution is -2.20. The fraction of sp³-hybridized carbons (Fsp3) is 0.429. The van der Waals surface area contributed by atoms with Crippen molar-refractivity contribution < 1.29 is 9.53 Å². The van der Waals surface area contributed by atoms with E-state index >= 15 is 0 Å². The number of rotatable bonds is 5. The molecule has 0 fully saturated rings. The predicted molar refractivity (Wildman–Crippen MR) is 74.3 cm³/mol. The second kappa shape index (κ2) is 5.84. The van der Waals surface area contributed by atoms with E-state index in [1.165, 1.54) is 6.92 Å². The lowest BCUT2D eigenvalue weighted by Gasteiger charge is -2.13. The quantitative estimate of drug-likeness (QED) is 0.836. The van der Waals surface area contributed by atoms with Gasteiger partial charge in [0.25, 0.3) is 0 Å². The van der Waals surface area contributed by atoms with E-state index in [0.29, 0.717) is 5.75 Å². The van der Waals surface area contributed by atoms with Crippen LogP contribution in [-0.4, -0.2) is 41.0 Å². The number of H-pyrrole nitrogens is 1. The van der Waals surface area contributed by atoms with Gasteiger partial charge in [-0.05, 0) is 25.6 Å². The van der Waals surface area contributed by atoms with Crippen molar-refractivity contribution in [2.24, 2.45) is 0 Å². The Hall–Kier alpha value is -1.88. The highest BCUT2D eigenvalue weighted by Crippen LogP contribution is 2.27. The summed E-state index contributed by atoms with van der Waals surface area (Å²) in [5, 5.41) is 0.905. The Morgan fingerprint density at radius 1 is 1.53 bits per heavy atom. The molecule has 0 radical (unpaired) electrons. The van der Waals surface area contributed by atoms with Crippen LogP contribution < -0.4 is 4.74 Å². The SMILES string of the molecule is CCN(C)CCc1c[nH]c2nccc(OC(C)=O)c12. The highest BCUT2D eigenvalue weighted by atomic mass is 16.5. The molecular weight excluding hydrogens is 242 g/mol. The van der Waals surface area contributed by atoms with E-state index in [-0.39, 0.29) is 5.97 Å². The van der Waals surface area contributed by atoms with Crippen LogP contribution in [0.1, 0.15) is 19.4 Å². The van der Waals surface area contributed by atoms with E-state index in [0.717, 1.165) is 36.1 Å². The summed E-state index contributed by atoms with van der Waals surface area (Å²) in [5.74, 6) is 0.262. The van der Waals surface area contributed by atoms with Crippen LogP contribution in [0, 0.1) is 0 Å². The Labute approximate surface area is 112 Å². The fourth-order valence-electron chi connectivity index (χ4n) is 2.00. The zero-order valence-electron chi connectivity index (χ0n) is 11.6. The Bertz CT molecular complexity index is 577. The Kier molecular flexibility index (Phi) is 4.16. The standard InChI is InChI=1S/C14H19N3O2/c1-4-17(3)8-6-11-9-16-14-13(11)12(5-7-15-14)19-10(2)18/h5,7,9H,4,6,8H2,1-3H3,(H,15,16). The van der Waals surface area contributed by atoms with Crippen molar-refractivity contribution in [2.75, 3.05) is 20.1 Å². The highest BCUT2D eigenvalue weighted by Gasteiger charge is 2.12. The van der Waals surface area contributed by atoms with Crippen molar-refractivity contribution >= 4 is 17.0 Å². The van der Waals surface area contributed by atoms with Crippen molar-refractivity contribution in [3.8, 4) is 5.75 Å². The third-order valence-electron chi connectivity index (χ3n) is 3.17. The summed E-state index contributed by atoms with van der Waals surface area (Å²) < 4.78 is 5.25. The van der Waals surface area contributed by atoms with Gasteiger partial charge in [0.2, 0.25) is 0 Å². The molecule has 2 aromatic heterocycles. The summed E-state index contributed by atoms with van der Waals surface area (Å²) in [6, 6.07) is 1.73. The molecule has 1 N–H and O–H groups in total. The first kappa shape index (κ1) is 13.5. The van der Waals surface area contributed by atoms with Crippen molar-refractivity contribution in [1.29, 1.82) is 0 Å². The molecule has 102 valence electrons. The lowest BCUT2D eigenvalue weighted by molar-refractivity contribution is -0.131. The van der Waals surface area contributed by atoms with Gasteiger partial charge in [-0.25, -0.2) is 4.98 Å². The van der Waals surface area contributed by atoms with Gasteiger partial charge in [0, 0.05) is 31.9 Å². The minimum Gasteiger partial charge on any atom is -0.426 e. The summed E-state index contributed by atoms with van der Waals surface area (Å²) in [6.45, 7) is 5.50. The average molecular weight is 261 g/mol. The predicted octanol–water partition coefficient (Wildman–Crippen LogP) is 1.98.